The van der Waals surface area contributed by atoms with Gasteiger partial charge in [-0.05, 0) is 56.2 Å². The molecule has 1 aromatic carbocycles. The summed E-state index contributed by atoms with van der Waals surface area (Å²) in [4.78, 5) is 41.1. The number of fused-ring (bicyclic) bond motifs is 1. The molecule has 2 aromatic rings. The van der Waals surface area contributed by atoms with Gasteiger partial charge in [0, 0.05) is 36.3 Å². The number of quaternary nitrogens is 1. The second-order valence-corrected chi connectivity index (χ2v) is 11.0. The molecule has 2 amide bonds. The van der Waals surface area contributed by atoms with Gasteiger partial charge in [-0.2, -0.15) is 10.8 Å². The highest BCUT2D eigenvalue weighted by Gasteiger charge is 2.48. The number of pyridine rings is 1. The molecule has 5 heterocycles. The van der Waals surface area contributed by atoms with Crippen molar-refractivity contribution in [2.45, 2.75) is 26.2 Å². The van der Waals surface area contributed by atoms with Gasteiger partial charge in [-0.15, -0.1) is 4.59 Å². The van der Waals surface area contributed by atoms with E-state index in [-0.39, 0.29) is 27.8 Å². The first-order chi connectivity index (χ1) is 19.7. The SMILES string of the molecule is CC1(C(=O)N2CCC[C@@H](C3=C4C=NC=C[N+]4(N)C(c4ccc(C(=O)Nc5ccc(C(F)F)cn5)cc4)=N3)C2)COC1. The second kappa shape index (κ2) is 10.4. The number of ether oxygens (including phenoxy) is 1. The standard InChI is InChI=1S/C29H29F2N7O3/c1-29(16-41-17-29)28(40)37-11-2-3-21(15-37)24-22-14-33-10-12-38(22,32)26(36-24)18-4-6-19(7-5-18)27(39)35-23-9-8-20(13-34-23)25(30)31/h4-10,12-14,21,25H,2-3,11,15-17,32H2,1H3/p+1/t21-,38?/m1/s1. The Morgan fingerprint density at radius 2 is 1.98 bits per heavy atom. The number of nitrogens with zero attached hydrogens (tertiary/aromatic N) is 5. The van der Waals surface area contributed by atoms with Crippen LogP contribution in [0.3, 0.4) is 0 Å². The Hall–Kier alpha value is -4.13. The first-order valence-electron chi connectivity index (χ1n) is 13.4. The van der Waals surface area contributed by atoms with Gasteiger partial charge in [0.05, 0.1) is 36.6 Å². The molecule has 0 bridgehead atoms. The number of aromatic nitrogens is 1. The van der Waals surface area contributed by atoms with E-state index in [1.54, 1.807) is 42.9 Å². The highest BCUT2D eigenvalue weighted by Crippen LogP contribution is 2.39. The molecule has 4 aliphatic heterocycles. The summed E-state index contributed by atoms with van der Waals surface area (Å²) in [6.45, 7) is 4.08. The summed E-state index contributed by atoms with van der Waals surface area (Å²) in [6.07, 6.45) is 5.24. The normalized spacial score (nSPS) is 24.7. The quantitative estimate of drug-likeness (QED) is 0.410. The zero-order valence-corrected chi connectivity index (χ0v) is 22.5. The Labute approximate surface area is 235 Å². The second-order valence-electron chi connectivity index (χ2n) is 11.0. The van der Waals surface area contributed by atoms with Crippen molar-refractivity contribution in [1.29, 1.82) is 0 Å². The van der Waals surface area contributed by atoms with Crippen molar-refractivity contribution in [2.24, 2.45) is 27.2 Å². The molecule has 12 heteroatoms. The van der Waals surface area contributed by atoms with E-state index in [1.807, 2.05) is 11.8 Å². The smallest absolute Gasteiger partial charge is 0.265 e. The molecule has 4 aliphatic rings. The van der Waals surface area contributed by atoms with Gasteiger partial charge in [0.25, 0.3) is 18.2 Å². The number of amidine groups is 1. The Bertz CT molecular complexity index is 1500. The molecule has 2 atom stereocenters. The molecule has 1 aromatic heterocycles. The number of carbonyl (C=O) groups is 2. The Balaban J connectivity index is 1.22. The fourth-order valence-corrected chi connectivity index (χ4v) is 5.57. The number of carbonyl (C=O) groups excluding carboxylic acids is 2. The zero-order chi connectivity index (χ0) is 28.8. The van der Waals surface area contributed by atoms with Crippen LogP contribution in [-0.4, -0.2) is 64.6 Å². The number of hydrogen-bond acceptors (Lipinski definition) is 7. The van der Waals surface area contributed by atoms with Gasteiger partial charge in [0.15, 0.2) is 0 Å². The number of anilines is 1. The number of likely N-dealkylation sites (tertiary alicyclic amines) is 1. The molecule has 1 unspecified atom stereocenters. The molecule has 10 nitrogen and oxygen atoms in total. The maximum atomic E-state index is 13.2. The first kappa shape index (κ1) is 27.1. The number of nitrogens with one attached hydrogen (secondary N) is 1. The lowest BCUT2D eigenvalue weighted by molar-refractivity contribution is -0.750. The third-order valence-corrected chi connectivity index (χ3v) is 7.96. The lowest BCUT2D eigenvalue weighted by Gasteiger charge is -2.42. The predicted octanol–water partition coefficient (Wildman–Crippen LogP) is 3.76. The van der Waals surface area contributed by atoms with E-state index in [0.29, 0.717) is 37.7 Å². The Kier molecular flexibility index (Phi) is 6.84. The lowest BCUT2D eigenvalue weighted by atomic mass is 9.85. The maximum Gasteiger partial charge on any atom is 0.265 e. The van der Waals surface area contributed by atoms with Crippen molar-refractivity contribution in [1.82, 2.24) is 9.88 Å². The lowest BCUT2D eigenvalue weighted by Crippen LogP contribution is -2.55. The highest BCUT2D eigenvalue weighted by molar-refractivity contribution is 6.05. The minimum atomic E-state index is -2.63. The summed E-state index contributed by atoms with van der Waals surface area (Å²) in [5.74, 6) is 7.33. The van der Waals surface area contributed by atoms with E-state index < -0.39 is 17.7 Å². The molecule has 212 valence electrons. The number of amides is 2. The van der Waals surface area contributed by atoms with E-state index in [0.717, 1.165) is 36.0 Å². The maximum absolute atomic E-state index is 13.2. The van der Waals surface area contributed by atoms with Crippen LogP contribution in [0.25, 0.3) is 0 Å². The molecule has 3 N–H and O–H groups in total. The van der Waals surface area contributed by atoms with Crippen LogP contribution in [0.4, 0.5) is 14.6 Å². The van der Waals surface area contributed by atoms with Crippen LogP contribution in [0.5, 0.6) is 0 Å². The van der Waals surface area contributed by atoms with Crippen LogP contribution in [0.15, 0.2) is 76.4 Å². The predicted molar refractivity (Wildman–Crippen MR) is 147 cm³/mol. The van der Waals surface area contributed by atoms with E-state index in [4.69, 9.17) is 15.6 Å². The van der Waals surface area contributed by atoms with Crippen LogP contribution >= 0.6 is 0 Å². The summed E-state index contributed by atoms with van der Waals surface area (Å²) < 4.78 is 30.7. The third kappa shape index (κ3) is 4.88. The number of allylic oxidation sites excluding steroid dienone is 1. The van der Waals surface area contributed by atoms with Crippen molar-refractivity contribution >= 4 is 29.7 Å². The minimum absolute atomic E-state index is 0.00203. The number of nitrogens with two attached hydrogens (primary N) is 1. The monoisotopic (exact) mass is 562 g/mol. The van der Waals surface area contributed by atoms with Crippen molar-refractivity contribution in [2.75, 3.05) is 31.6 Å². The third-order valence-electron chi connectivity index (χ3n) is 7.96. The highest BCUT2D eigenvalue weighted by atomic mass is 19.3. The van der Waals surface area contributed by atoms with Gasteiger partial charge in [-0.1, -0.05) is 0 Å². The van der Waals surface area contributed by atoms with Gasteiger partial charge < -0.3 is 15.0 Å². The van der Waals surface area contributed by atoms with Gasteiger partial charge >= 0.3 is 0 Å². The topological polar surface area (TPSA) is 122 Å². The fourth-order valence-electron chi connectivity index (χ4n) is 5.57. The Morgan fingerprint density at radius 3 is 2.63 bits per heavy atom. The molecule has 0 spiro atoms. The molecule has 6 rings (SSSR count). The Morgan fingerprint density at radius 1 is 1.20 bits per heavy atom. The number of alkyl halides is 2. The molecular weight excluding hydrogens is 532 g/mol. The van der Waals surface area contributed by atoms with Crippen LogP contribution in [0, 0.1) is 11.3 Å². The van der Waals surface area contributed by atoms with Crippen molar-refractivity contribution in [3.8, 4) is 0 Å². The van der Waals surface area contributed by atoms with Crippen LogP contribution in [-0.2, 0) is 9.53 Å². The minimum Gasteiger partial charge on any atom is -0.379 e. The van der Waals surface area contributed by atoms with Gasteiger partial charge in [0.1, 0.15) is 17.7 Å². The number of piperidine rings is 1. The summed E-state index contributed by atoms with van der Waals surface area (Å²) in [6, 6.07) is 9.39. The summed E-state index contributed by atoms with van der Waals surface area (Å²) in [7, 11) is 0. The van der Waals surface area contributed by atoms with E-state index in [2.05, 4.69) is 15.3 Å². The first-order valence-corrected chi connectivity index (χ1v) is 13.4. The average molecular weight is 563 g/mol. The van der Waals surface area contributed by atoms with Gasteiger partial charge in [0.2, 0.25) is 11.6 Å². The molecule has 0 aliphatic carbocycles. The number of benzene rings is 1. The number of rotatable bonds is 6. The van der Waals surface area contributed by atoms with Crippen LogP contribution in [0.2, 0.25) is 0 Å². The van der Waals surface area contributed by atoms with Crippen LogP contribution in [0.1, 0.15) is 47.7 Å². The van der Waals surface area contributed by atoms with E-state index >= 15 is 0 Å². The molecule has 2 fully saturated rings. The van der Waals surface area contributed by atoms with E-state index in [9.17, 15) is 18.4 Å². The summed E-state index contributed by atoms with van der Waals surface area (Å²) in [5, 5.41) is 2.62. The van der Waals surface area contributed by atoms with Crippen molar-refractivity contribution < 1.29 is 27.7 Å². The molecule has 0 saturated carbocycles. The van der Waals surface area contributed by atoms with E-state index in [1.165, 1.54) is 12.1 Å². The summed E-state index contributed by atoms with van der Waals surface area (Å²) >= 11 is 0. The van der Waals surface area contributed by atoms with Crippen molar-refractivity contribution in [3.05, 3.63) is 83.1 Å². The summed E-state index contributed by atoms with van der Waals surface area (Å²) in [5.41, 5.74) is 1.95. The number of aliphatic imine (C=N–C) groups is 2. The average Bonchev–Trinajstić information content (AvgIpc) is 3.29. The van der Waals surface area contributed by atoms with Gasteiger partial charge in [-0.3, -0.25) is 14.6 Å². The molecule has 41 heavy (non-hydrogen) atoms. The van der Waals surface area contributed by atoms with Gasteiger partial charge in [-0.25, -0.2) is 13.8 Å². The fraction of sp³-hybridized carbons (Fsp3) is 0.345. The molecule has 0 radical (unpaired) electrons. The molecular formula is C29H30F2N7O3+. The molecule has 2 saturated heterocycles. The number of hydrogen-bond donors (Lipinski definition) is 2. The van der Waals surface area contributed by atoms with Crippen LogP contribution < -0.4 is 11.2 Å². The zero-order valence-electron chi connectivity index (χ0n) is 22.5. The number of halogens is 2. The van der Waals surface area contributed by atoms with Crippen molar-refractivity contribution in [3.63, 3.8) is 0 Å². The largest absolute Gasteiger partial charge is 0.379 e.